The van der Waals surface area contributed by atoms with Crippen LogP contribution in [0.3, 0.4) is 0 Å². The molecular formula is C24H31N3O2. The lowest BCUT2D eigenvalue weighted by molar-refractivity contribution is 0.0617. The molecule has 0 unspecified atom stereocenters. The van der Waals surface area contributed by atoms with E-state index in [0.717, 1.165) is 43.5 Å². The van der Waals surface area contributed by atoms with Crippen molar-refractivity contribution in [2.45, 2.75) is 43.3 Å². The van der Waals surface area contributed by atoms with Gasteiger partial charge in [-0.3, -0.25) is 4.90 Å². The molecule has 2 aromatic rings. The van der Waals surface area contributed by atoms with E-state index < -0.39 is 0 Å². The molecule has 0 aromatic heterocycles. The molecule has 154 valence electrons. The Kier molecular flexibility index (Phi) is 5.26. The summed E-state index contributed by atoms with van der Waals surface area (Å²) in [6.07, 6.45) is 4.07. The Hall–Kier alpha value is -2.53. The highest BCUT2D eigenvalue weighted by atomic mass is 16.5. The van der Waals surface area contributed by atoms with Gasteiger partial charge >= 0.3 is 6.03 Å². The number of benzene rings is 2. The van der Waals surface area contributed by atoms with Crippen LogP contribution in [0.4, 0.5) is 4.79 Å². The first-order valence-electron chi connectivity index (χ1n) is 10.4. The third kappa shape index (κ3) is 3.71. The minimum absolute atomic E-state index is 0.0423. The van der Waals surface area contributed by atoms with Crippen molar-refractivity contribution in [3.8, 4) is 5.75 Å². The molecule has 1 spiro atoms. The number of ether oxygens (including phenoxy) is 1. The number of nitrogens with zero attached hydrogens (tertiary/aromatic N) is 2. The number of hydrogen-bond donors (Lipinski definition) is 1. The zero-order valence-corrected chi connectivity index (χ0v) is 17.6. The molecule has 2 aliphatic rings. The topological polar surface area (TPSA) is 44.8 Å². The molecule has 1 saturated heterocycles. The summed E-state index contributed by atoms with van der Waals surface area (Å²) in [7, 11) is 6.02. The zero-order chi connectivity index (χ0) is 20.5. The van der Waals surface area contributed by atoms with E-state index in [2.05, 4.69) is 54.6 Å². The molecule has 5 nitrogen and oxygen atoms in total. The second kappa shape index (κ2) is 7.71. The predicted octanol–water partition coefficient (Wildman–Crippen LogP) is 3.99. The fourth-order valence-electron chi connectivity index (χ4n) is 5.03. The standard InChI is InChI=1S/C24H31N3O2/c1-26(2)24(20-7-5-4-6-8-20)15-13-23(14-16-24)18-27(22(28)25-23)17-19-9-11-21(29-3)12-10-19/h4-12H,13-18H2,1-3H3,(H,25,28)/t23-,24+. The maximum atomic E-state index is 12.7. The molecule has 2 fully saturated rings. The molecule has 0 radical (unpaired) electrons. The first-order chi connectivity index (χ1) is 14.0. The van der Waals surface area contributed by atoms with Gasteiger partial charge in [0, 0.05) is 18.6 Å². The number of amides is 2. The highest BCUT2D eigenvalue weighted by Crippen LogP contribution is 2.46. The number of methoxy groups -OCH3 is 1. The Labute approximate surface area is 173 Å². The van der Waals surface area contributed by atoms with E-state index in [4.69, 9.17) is 4.74 Å². The third-order valence-electron chi connectivity index (χ3n) is 6.89. The van der Waals surface area contributed by atoms with Crippen molar-refractivity contribution in [2.75, 3.05) is 27.7 Å². The molecule has 1 heterocycles. The average Bonchev–Trinajstić information content (AvgIpc) is 3.04. The van der Waals surface area contributed by atoms with E-state index in [1.807, 2.05) is 29.2 Å². The van der Waals surface area contributed by atoms with Gasteiger partial charge in [0.25, 0.3) is 0 Å². The molecule has 1 saturated carbocycles. The second-order valence-electron chi connectivity index (χ2n) is 8.71. The summed E-state index contributed by atoms with van der Waals surface area (Å²) < 4.78 is 5.23. The Morgan fingerprint density at radius 2 is 1.66 bits per heavy atom. The van der Waals surface area contributed by atoms with Crippen molar-refractivity contribution in [1.29, 1.82) is 0 Å². The van der Waals surface area contributed by atoms with Crippen LogP contribution in [0.15, 0.2) is 54.6 Å². The van der Waals surface area contributed by atoms with Crippen LogP contribution < -0.4 is 10.1 Å². The SMILES string of the molecule is COc1ccc(CN2C[C@]3(CC[C@](c4ccccc4)(N(C)C)CC3)NC2=O)cc1. The van der Waals surface area contributed by atoms with Gasteiger partial charge in [-0.15, -0.1) is 0 Å². The van der Waals surface area contributed by atoms with Crippen LogP contribution in [-0.2, 0) is 12.1 Å². The summed E-state index contributed by atoms with van der Waals surface area (Å²) >= 11 is 0. The van der Waals surface area contributed by atoms with Gasteiger partial charge in [-0.05, 0) is 63.0 Å². The van der Waals surface area contributed by atoms with E-state index >= 15 is 0 Å². The molecule has 1 aliphatic carbocycles. The van der Waals surface area contributed by atoms with E-state index in [1.54, 1.807) is 7.11 Å². The summed E-state index contributed by atoms with van der Waals surface area (Å²) in [6, 6.07) is 18.8. The molecular weight excluding hydrogens is 362 g/mol. The van der Waals surface area contributed by atoms with Gasteiger partial charge in [-0.2, -0.15) is 0 Å². The lowest BCUT2D eigenvalue weighted by Crippen LogP contribution is -2.54. The summed E-state index contributed by atoms with van der Waals surface area (Å²) in [5.74, 6) is 0.837. The quantitative estimate of drug-likeness (QED) is 0.835. The number of hydrogen-bond acceptors (Lipinski definition) is 3. The summed E-state index contributed by atoms with van der Waals surface area (Å²) in [4.78, 5) is 17.0. The Morgan fingerprint density at radius 3 is 2.24 bits per heavy atom. The zero-order valence-electron chi connectivity index (χ0n) is 17.6. The summed E-state index contributed by atoms with van der Waals surface area (Å²) in [6.45, 7) is 1.41. The number of carbonyl (C=O) groups excluding carboxylic acids is 1. The fraction of sp³-hybridized carbons (Fsp3) is 0.458. The van der Waals surface area contributed by atoms with Crippen molar-refractivity contribution in [2.24, 2.45) is 0 Å². The van der Waals surface area contributed by atoms with E-state index in [0.29, 0.717) is 6.54 Å². The van der Waals surface area contributed by atoms with Crippen LogP contribution >= 0.6 is 0 Å². The van der Waals surface area contributed by atoms with Gasteiger partial charge in [0.05, 0.1) is 12.6 Å². The predicted molar refractivity (Wildman–Crippen MR) is 115 cm³/mol. The first kappa shape index (κ1) is 19.8. The van der Waals surface area contributed by atoms with Crippen molar-refractivity contribution in [3.05, 3.63) is 65.7 Å². The van der Waals surface area contributed by atoms with Gasteiger partial charge in [-0.25, -0.2) is 4.79 Å². The van der Waals surface area contributed by atoms with Crippen LogP contribution in [0, 0.1) is 0 Å². The van der Waals surface area contributed by atoms with Crippen molar-refractivity contribution in [3.63, 3.8) is 0 Å². The van der Waals surface area contributed by atoms with Gasteiger partial charge in [0.15, 0.2) is 0 Å². The largest absolute Gasteiger partial charge is 0.497 e. The monoisotopic (exact) mass is 393 g/mol. The van der Waals surface area contributed by atoms with Crippen LogP contribution in [0.5, 0.6) is 5.75 Å². The Morgan fingerprint density at radius 1 is 1.00 bits per heavy atom. The minimum Gasteiger partial charge on any atom is -0.497 e. The molecule has 2 aromatic carbocycles. The Balaban J connectivity index is 1.46. The van der Waals surface area contributed by atoms with E-state index in [1.165, 1.54) is 5.56 Å². The average molecular weight is 394 g/mol. The lowest BCUT2D eigenvalue weighted by Gasteiger charge is -2.48. The molecule has 0 bridgehead atoms. The van der Waals surface area contributed by atoms with Gasteiger partial charge in [0.1, 0.15) is 5.75 Å². The molecule has 2 amide bonds. The van der Waals surface area contributed by atoms with Crippen LogP contribution in [0.25, 0.3) is 0 Å². The molecule has 0 atom stereocenters. The number of rotatable bonds is 5. The molecule has 29 heavy (non-hydrogen) atoms. The summed E-state index contributed by atoms with van der Waals surface area (Å²) in [5.41, 5.74) is 2.43. The smallest absolute Gasteiger partial charge is 0.318 e. The van der Waals surface area contributed by atoms with Gasteiger partial charge in [0.2, 0.25) is 0 Å². The third-order valence-corrected chi connectivity index (χ3v) is 6.89. The van der Waals surface area contributed by atoms with Gasteiger partial charge in [-0.1, -0.05) is 42.5 Å². The van der Waals surface area contributed by atoms with Crippen LogP contribution in [0.2, 0.25) is 0 Å². The Bertz CT molecular complexity index is 840. The first-order valence-corrected chi connectivity index (χ1v) is 10.4. The fourth-order valence-corrected chi connectivity index (χ4v) is 5.03. The molecule has 1 N–H and O–H groups in total. The van der Waals surface area contributed by atoms with Crippen molar-refractivity contribution < 1.29 is 9.53 Å². The van der Waals surface area contributed by atoms with Gasteiger partial charge < -0.3 is 15.0 Å². The minimum atomic E-state index is -0.113. The highest BCUT2D eigenvalue weighted by molar-refractivity contribution is 5.78. The normalized spacial score (nSPS) is 26.8. The maximum Gasteiger partial charge on any atom is 0.318 e. The maximum absolute atomic E-state index is 12.7. The molecule has 4 rings (SSSR count). The molecule has 1 aliphatic heterocycles. The second-order valence-corrected chi connectivity index (χ2v) is 8.71. The van der Waals surface area contributed by atoms with Crippen LogP contribution in [-0.4, -0.2) is 49.1 Å². The van der Waals surface area contributed by atoms with Crippen molar-refractivity contribution in [1.82, 2.24) is 15.1 Å². The molecule has 5 heteroatoms. The highest BCUT2D eigenvalue weighted by Gasteiger charge is 2.49. The number of nitrogens with one attached hydrogen (secondary N) is 1. The van der Waals surface area contributed by atoms with Crippen molar-refractivity contribution >= 4 is 6.03 Å². The van der Waals surface area contributed by atoms with E-state index in [9.17, 15) is 4.79 Å². The van der Waals surface area contributed by atoms with Crippen LogP contribution in [0.1, 0.15) is 36.8 Å². The number of urea groups is 1. The van der Waals surface area contributed by atoms with E-state index in [-0.39, 0.29) is 17.1 Å². The summed E-state index contributed by atoms with van der Waals surface area (Å²) in [5, 5.41) is 3.33. The number of carbonyl (C=O) groups is 1. The lowest BCUT2D eigenvalue weighted by atomic mass is 9.69.